The van der Waals surface area contributed by atoms with Crippen LogP contribution in [0.4, 0.5) is 13.2 Å². The molecule has 0 aromatic heterocycles. The molecule has 20 heavy (non-hydrogen) atoms. The lowest BCUT2D eigenvalue weighted by Crippen LogP contribution is -2.20. The molecule has 1 rings (SSSR count). The molecule has 1 aromatic rings. The van der Waals surface area contributed by atoms with E-state index in [2.05, 4.69) is 4.74 Å². The highest BCUT2D eigenvalue weighted by atomic mass is 19.4. The Kier molecular flexibility index (Phi) is 6.09. The first-order valence-electron chi connectivity index (χ1n) is 6.02. The summed E-state index contributed by atoms with van der Waals surface area (Å²) in [6.07, 6.45) is -3.86. The van der Waals surface area contributed by atoms with E-state index in [0.29, 0.717) is 17.9 Å². The molecule has 0 aliphatic carbocycles. The summed E-state index contributed by atoms with van der Waals surface area (Å²) >= 11 is 0. The van der Waals surface area contributed by atoms with E-state index in [-0.39, 0.29) is 6.04 Å². The summed E-state index contributed by atoms with van der Waals surface area (Å²) in [6, 6.07) is 5.09. The Morgan fingerprint density at radius 3 is 2.55 bits per heavy atom. The first-order chi connectivity index (χ1) is 9.33. The first kappa shape index (κ1) is 16.6. The number of methoxy groups -OCH3 is 1. The van der Waals surface area contributed by atoms with Crippen molar-refractivity contribution in [1.82, 2.24) is 0 Å². The summed E-state index contributed by atoms with van der Waals surface area (Å²) < 4.78 is 50.7. The van der Waals surface area contributed by atoms with Crippen LogP contribution in [0, 0.1) is 0 Å². The summed E-state index contributed by atoms with van der Waals surface area (Å²) in [5.74, 6) is 0.785. The van der Waals surface area contributed by atoms with Crippen molar-refractivity contribution in [2.75, 3.05) is 20.5 Å². The lowest BCUT2D eigenvalue weighted by Gasteiger charge is -2.16. The number of para-hydroxylation sites is 1. The van der Waals surface area contributed by atoms with Gasteiger partial charge in [0.25, 0.3) is 0 Å². The number of nitrogens with two attached hydrogens (primary N) is 1. The fourth-order valence-electron chi connectivity index (χ4n) is 1.65. The Morgan fingerprint density at radius 1 is 1.30 bits per heavy atom. The second-order valence-electron chi connectivity index (χ2n) is 4.36. The summed E-state index contributed by atoms with van der Waals surface area (Å²) in [6.45, 7) is -0.0416. The van der Waals surface area contributed by atoms with Crippen molar-refractivity contribution in [3.8, 4) is 11.5 Å². The van der Waals surface area contributed by atoms with Gasteiger partial charge in [0.2, 0.25) is 0 Å². The summed E-state index contributed by atoms with van der Waals surface area (Å²) in [7, 11) is 1.45. The molecule has 0 saturated heterocycles. The van der Waals surface area contributed by atoms with Crippen LogP contribution in [0.3, 0.4) is 0 Å². The van der Waals surface area contributed by atoms with Crippen LogP contribution in [0.15, 0.2) is 18.2 Å². The fraction of sp³-hybridized carbons (Fsp3) is 0.538. The van der Waals surface area contributed by atoms with Gasteiger partial charge in [-0.3, -0.25) is 0 Å². The minimum Gasteiger partial charge on any atom is -0.493 e. The molecule has 0 spiro atoms. The topological polar surface area (TPSA) is 53.7 Å². The van der Waals surface area contributed by atoms with Crippen molar-refractivity contribution >= 4 is 0 Å². The van der Waals surface area contributed by atoms with Gasteiger partial charge in [0.15, 0.2) is 18.3 Å². The van der Waals surface area contributed by atoms with E-state index in [0.717, 1.165) is 5.56 Å². The number of ether oxygens (including phenoxy) is 3. The lowest BCUT2D eigenvalue weighted by atomic mass is 10.1. The Hall–Kier alpha value is -1.47. The SMILES string of the molecule is COc1cccc(CC(C)N)c1OCOCC(F)(F)F. The van der Waals surface area contributed by atoms with Crippen molar-refractivity contribution in [3.05, 3.63) is 23.8 Å². The molecule has 1 unspecified atom stereocenters. The van der Waals surface area contributed by atoms with E-state index in [9.17, 15) is 13.2 Å². The third kappa shape index (κ3) is 5.66. The van der Waals surface area contributed by atoms with Gasteiger partial charge in [0.05, 0.1) is 7.11 Å². The summed E-state index contributed by atoms with van der Waals surface area (Å²) in [5, 5.41) is 0. The van der Waals surface area contributed by atoms with Crippen LogP contribution in [0.5, 0.6) is 11.5 Å². The van der Waals surface area contributed by atoms with Gasteiger partial charge in [0, 0.05) is 6.04 Å². The van der Waals surface area contributed by atoms with Gasteiger partial charge in [0.1, 0.15) is 6.61 Å². The monoisotopic (exact) mass is 293 g/mol. The van der Waals surface area contributed by atoms with Crippen LogP contribution < -0.4 is 15.2 Å². The third-order valence-electron chi connectivity index (χ3n) is 2.37. The molecule has 1 aromatic carbocycles. The van der Waals surface area contributed by atoms with E-state index in [1.54, 1.807) is 18.2 Å². The number of benzene rings is 1. The fourth-order valence-corrected chi connectivity index (χ4v) is 1.65. The molecular formula is C13H18F3NO3. The molecule has 7 heteroatoms. The van der Waals surface area contributed by atoms with Gasteiger partial charge in [-0.1, -0.05) is 12.1 Å². The Bertz CT molecular complexity index is 422. The Labute approximate surface area is 115 Å². The maximum Gasteiger partial charge on any atom is 0.411 e. The summed E-state index contributed by atoms with van der Waals surface area (Å²) in [5.41, 5.74) is 6.48. The molecule has 1 atom stereocenters. The molecule has 0 fully saturated rings. The molecule has 0 aliphatic rings. The molecule has 0 heterocycles. The highest BCUT2D eigenvalue weighted by molar-refractivity contribution is 5.46. The highest BCUT2D eigenvalue weighted by Crippen LogP contribution is 2.31. The molecule has 0 saturated carbocycles. The molecule has 0 bridgehead atoms. The zero-order valence-corrected chi connectivity index (χ0v) is 11.4. The molecule has 0 amide bonds. The molecule has 4 nitrogen and oxygen atoms in total. The number of halogens is 3. The number of hydrogen-bond acceptors (Lipinski definition) is 4. The second-order valence-corrected chi connectivity index (χ2v) is 4.36. The zero-order valence-electron chi connectivity index (χ0n) is 11.4. The second kappa shape index (κ2) is 7.35. The van der Waals surface area contributed by atoms with Crippen LogP contribution in [0.2, 0.25) is 0 Å². The number of rotatable bonds is 7. The van der Waals surface area contributed by atoms with Crippen molar-refractivity contribution in [3.63, 3.8) is 0 Å². The number of hydrogen-bond donors (Lipinski definition) is 1. The summed E-state index contributed by atoms with van der Waals surface area (Å²) in [4.78, 5) is 0. The van der Waals surface area contributed by atoms with E-state index < -0.39 is 19.6 Å². The standard InChI is InChI=1S/C13H18F3NO3/c1-9(17)6-10-4-3-5-11(18-2)12(10)20-8-19-7-13(14,15)16/h3-5,9H,6-8,17H2,1-2H3. The van der Waals surface area contributed by atoms with Crippen LogP contribution in [-0.2, 0) is 11.2 Å². The van der Waals surface area contributed by atoms with Gasteiger partial charge >= 0.3 is 6.18 Å². The molecule has 0 aliphatic heterocycles. The van der Waals surface area contributed by atoms with Crippen LogP contribution in [0.1, 0.15) is 12.5 Å². The molecular weight excluding hydrogens is 275 g/mol. The van der Waals surface area contributed by atoms with Crippen LogP contribution in [-0.4, -0.2) is 32.7 Å². The maximum atomic E-state index is 12.0. The molecule has 114 valence electrons. The van der Waals surface area contributed by atoms with Crippen molar-refractivity contribution in [1.29, 1.82) is 0 Å². The van der Waals surface area contributed by atoms with E-state index in [1.807, 2.05) is 6.92 Å². The zero-order chi connectivity index (χ0) is 15.2. The highest BCUT2D eigenvalue weighted by Gasteiger charge is 2.27. The average Bonchev–Trinajstić information content (AvgIpc) is 2.33. The molecule has 2 N–H and O–H groups in total. The quantitative estimate of drug-likeness (QED) is 0.620. The predicted molar refractivity (Wildman–Crippen MR) is 67.8 cm³/mol. The van der Waals surface area contributed by atoms with Crippen LogP contribution in [0.25, 0.3) is 0 Å². The minimum atomic E-state index is -4.38. The average molecular weight is 293 g/mol. The van der Waals surface area contributed by atoms with Gasteiger partial charge in [-0.25, -0.2) is 0 Å². The minimum absolute atomic E-state index is 0.111. The van der Waals surface area contributed by atoms with E-state index in [4.69, 9.17) is 15.2 Å². The van der Waals surface area contributed by atoms with E-state index in [1.165, 1.54) is 7.11 Å². The largest absolute Gasteiger partial charge is 0.493 e. The van der Waals surface area contributed by atoms with Gasteiger partial charge < -0.3 is 19.9 Å². The molecule has 0 radical (unpaired) electrons. The normalized spacial score (nSPS) is 13.1. The van der Waals surface area contributed by atoms with Gasteiger partial charge in [-0.05, 0) is 25.0 Å². The number of alkyl halides is 3. The third-order valence-corrected chi connectivity index (χ3v) is 2.37. The van der Waals surface area contributed by atoms with Gasteiger partial charge in [-0.15, -0.1) is 0 Å². The first-order valence-corrected chi connectivity index (χ1v) is 6.02. The predicted octanol–water partition coefficient (Wildman–Crippen LogP) is 2.50. The maximum absolute atomic E-state index is 12.0. The van der Waals surface area contributed by atoms with Crippen LogP contribution >= 0.6 is 0 Å². The Morgan fingerprint density at radius 2 is 2.00 bits per heavy atom. The van der Waals surface area contributed by atoms with Crippen molar-refractivity contribution < 1.29 is 27.4 Å². The lowest BCUT2D eigenvalue weighted by molar-refractivity contribution is -0.186. The van der Waals surface area contributed by atoms with E-state index >= 15 is 0 Å². The van der Waals surface area contributed by atoms with Crippen molar-refractivity contribution in [2.45, 2.75) is 25.6 Å². The van der Waals surface area contributed by atoms with Crippen molar-refractivity contribution in [2.24, 2.45) is 5.73 Å². The van der Waals surface area contributed by atoms with Gasteiger partial charge in [-0.2, -0.15) is 13.2 Å². The Balaban J connectivity index is 2.70. The smallest absolute Gasteiger partial charge is 0.411 e.